The average Bonchev–Trinajstić information content (AvgIpc) is 2.84. The Morgan fingerprint density at radius 1 is 1.14 bits per heavy atom. The summed E-state index contributed by atoms with van der Waals surface area (Å²) in [6.07, 6.45) is 0. The third-order valence-electron chi connectivity index (χ3n) is 6.37. The van der Waals surface area contributed by atoms with Crippen molar-refractivity contribution in [3.63, 3.8) is 0 Å². The molecular weight excluding hydrogens is 450 g/mol. The summed E-state index contributed by atoms with van der Waals surface area (Å²) in [5.74, 6) is 0.239. The number of hydrogen-bond acceptors (Lipinski definition) is 6. The van der Waals surface area contributed by atoms with Gasteiger partial charge in [-0.2, -0.15) is 0 Å². The lowest BCUT2D eigenvalue weighted by Gasteiger charge is -2.42. The highest BCUT2D eigenvalue weighted by atomic mass is 16.5. The smallest absolute Gasteiger partial charge is 0.338 e. The van der Waals surface area contributed by atoms with Crippen molar-refractivity contribution in [2.75, 3.05) is 53.0 Å². The van der Waals surface area contributed by atoms with E-state index in [1.807, 2.05) is 37.8 Å². The van der Waals surface area contributed by atoms with Crippen LogP contribution in [-0.2, 0) is 9.53 Å². The predicted molar refractivity (Wildman–Crippen MR) is 132 cm³/mol. The SMILES string of the molecule is CCNC(=O)N1CCN(CC2=C(C(=O)OCC)[C@H](c3ccc(OC)cc3)NC(=O)N2CC)C[C@H]1C. The number of rotatable bonds is 8. The molecule has 192 valence electrons. The van der Waals surface area contributed by atoms with E-state index in [2.05, 4.69) is 15.5 Å². The van der Waals surface area contributed by atoms with Crippen LogP contribution in [0.1, 0.15) is 39.3 Å². The van der Waals surface area contributed by atoms with Crippen molar-refractivity contribution in [1.82, 2.24) is 25.3 Å². The maximum Gasteiger partial charge on any atom is 0.338 e. The number of hydrogen-bond donors (Lipinski definition) is 2. The summed E-state index contributed by atoms with van der Waals surface area (Å²) in [5, 5.41) is 5.84. The zero-order valence-corrected chi connectivity index (χ0v) is 21.3. The van der Waals surface area contributed by atoms with Gasteiger partial charge in [-0.05, 0) is 45.4 Å². The third-order valence-corrected chi connectivity index (χ3v) is 6.37. The zero-order valence-electron chi connectivity index (χ0n) is 21.3. The Balaban J connectivity index is 1.96. The number of piperazine rings is 1. The van der Waals surface area contributed by atoms with Crippen LogP contribution in [0.25, 0.3) is 0 Å². The Bertz CT molecular complexity index is 948. The molecule has 2 aliphatic heterocycles. The maximum absolute atomic E-state index is 13.2. The molecule has 1 fully saturated rings. The van der Waals surface area contributed by atoms with E-state index in [0.29, 0.717) is 56.3 Å². The van der Waals surface area contributed by atoms with Gasteiger partial charge in [-0.3, -0.25) is 9.80 Å². The highest BCUT2D eigenvalue weighted by molar-refractivity contribution is 5.95. The van der Waals surface area contributed by atoms with Crippen molar-refractivity contribution in [3.05, 3.63) is 41.1 Å². The van der Waals surface area contributed by atoms with E-state index in [0.717, 1.165) is 5.56 Å². The fraction of sp³-hybridized carbons (Fsp3) is 0.560. The molecular formula is C25H37N5O5. The van der Waals surface area contributed by atoms with Crippen molar-refractivity contribution in [2.45, 2.75) is 39.8 Å². The van der Waals surface area contributed by atoms with Gasteiger partial charge in [0.2, 0.25) is 0 Å². The molecule has 10 heteroatoms. The van der Waals surface area contributed by atoms with Gasteiger partial charge in [0.25, 0.3) is 0 Å². The summed E-state index contributed by atoms with van der Waals surface area (Å²) in [6, 6.07) is 6.32. The second kappa shape index (κ2) is 11.9. The Morgan fingerprint density at radius 3 is 2.43 bits per heavy atom. The normalized spacial score (nSPS) is 21.0. The standard InChI is InChI=1S/C25H37N5O5/c1-6-26-24(32)30-14-13-28(15-17(30)4)16-20-21(23(31)35-8-3)22(27-25(33)29(20)7-2)18-9-11-19(34-5)12-10-18/h9-12,17,22H,6-8,13-16H2,1-5H3,(H,26,32)(H,27,33)/t17-,22+/m1/s1. The molecule has 4 amide bonds. The number of nitrogens with one attached hydrogen (secondary N) is 2. The van der Waals surface area contributed by atoms with Crippen molar-refractivity contribution >= 4 is 18.0 Å². The molecule has 0 unspecified atom stereocenters. The minimum absolute atomic E-state index is 0.00757. The van der Waals surface area contributed by atoms with Crippen LogP contribution < -0.4 is 15.4 Å². The summed E-state index contributed by atoms with van der Waals surface area (Å²) in [6.45, 7) is 11.0. The van der Waals surface area contributed by atoms with Gasteiger partial charge in [0, 0.05) is 51.0 Å². The summed E-state index contributed by atoms with van der Waals surface area (Å²) in [5.41, 5.74) is 1.83. The van der Waals surface area contributed by atoms with Gasteiger partial charge in [-0.25, -0.2) is 14.4 Å². The number of urea groups is 2. The topological polar surface area (TPSA) is 103 Å². The molecule has 2 aliphatic rings. The lowest BCUT2D eigenvalue weighted by molar-refractivity contribution is -0.139. The Hall–Kier alpha value is -3.27. The minimum atomic E-state index is -0.640. The van der Waals surface area contributed by atoms with Crippen LogP contribution in [-0.4, -0.2) is 91.8 Å². The van der Waals surface area contributed by atoms with Crippen LogP contribution in [0.3, 0.4) is 0 Å². The summed E-state index contributed by atoms with van der Waals surface area (Å²) in [4.78, 5) is 44.3. The molecule has 0 bridgehead atoms. The van der Waals surface area contributed by atoms with E-state index in [9.17, 15) is 14.4 Å². The fourth-order valence-corrected chi connectivity index (χ4v) is 4.65. The van der Waals surface area contributed by atoms with Crippen LogP contribution >= 0.6 is 0 Å². The monoisotopic (exact) mass is 487 g/mol. The van der Waals surface area contributed by atoms with Gasteiger partial charge in [0.05, 0.1) is 25.3 Å². The van der Waals surface area contributed by atoms with E-state index in [1.165, 1.54) is 0 Å². The van der Waals surface area contributed by atoms with E-state index in [1.54, 1.807) is 31.1 Å². The quantitative estimate of drug-likeness (QED) is 0.546. The van der Waals surface area contributed by atoms with E-state index in [4.69, 9.17) is 9.47 Å². The molecule has 35 heavy (non-hydrogen) atoms. The number of esters is 1. The average molecular weight is 488 g/mol. The molecule has 0 saturated carbocycles. The molecule has 2 atom stereocenters. The van der Waals surface area contributed by atoms with Gasteiger partial charge in [0.1, 0.15) is 5.75 Å². The molecule has 10 nitrogen and oxygen atoms in total. The van der Waals surface area contributed by atoms with Gasteiger partial charge >= 0.3 is 18.0 Å². The number of likely N-dealkylation sites (N-methyl/N-ethyl adjacent to an activating group) is 1. The van der Waals surface area contributed by atoms with Crippen LogP contribution in [0.5, 0.6) is 5.75 Å². The van der Waals surface area contributed by atoms with Crippen molar-refractivity contribution in [3.8, 4) is 5.75 Å². The second-order valence-electron chi connectivity index (χ2n) is 8.59. The number of carbonyl (C=O) groups excluding carboxylic acids is 3. The molecule has 0 spiro atoms. The molecule has 1 aromatic rings. The molecule has 3 rings (SSSR count). The molecule has 1 saturated heterocycles. The summed E-state index contributed by atoms with van der Waals surface area (Å²) >= 11 is 0. The highest BCUT2D eigenvalue weighted by Crippen LogP contribution is 2.33. The maximum atomic E-state index is 13.2. The van der Waals surface area contributed by atoms with Crippen LogP contribution in [0.2, 0.25) is 0 Å². The number of nitrogens with zero attached hydrogens (tertiary/aromatic N) is 3. The third kappa shape index (κ3) is 5.87. The van der Waals surface area contributed by atoms with Gasteiger partial charge in [0.15, 0.2) is 0 Å². The summed E-state index contributed by atoms with van der Waals surface area (Å²) < 4.78 is 10.7. The van der Waals surface area contributed by atoms with Crippen LogP contribution in [0.4, 0.5) is 9.59 Å². The Labute approximate surface area is 207 Å². The van der Waals surface area contributed by atoms with E-state index < -0.39 is 12.0 Å². The first-order chi connectivity index (χ1) is 16.8. The first-order valence-corrected chi connectivity index (χ1v) is 12.2. The number of amides is 4. The molecule has 0 aliphatic carbocycles. The van der Waals surface area contributed by atoms with Crippen LogP contribution in [0, 0.1) is 0 Å². The Kier molecular flexibility index (Phi) is 8.97. The number of ether oxygens (including phenoxy) is 2. The van der Waals surface area contributed by atoms with Crippen LogP contribution in [0.15, 0.2) is 35.5 Å². The zero-order chi connectivity index (χ0) is 25.5. The fourth-order valence-electron chi connectivity index (χ4n) is 4.65. The lowest BCUT2D eigenvalue weighted by atomic mass is 9.94. The second-order valence-corrected chi connectivity index (χ2v) is 8.59. The molecule has 0 aromatic heterocycles. The summed E-state index contributed by atoms with van der Waals surface area (Å²) in [7, 11) is 1.59. The molecule has 2 heterocycles. The first kappa shape index (κ1) is 26.3. The highest BCUT2D eigenvalue weighted by Gasteiger charge is 2.39. The van der Waals surface area contributed by atoms with E-state index in [-0.39, 0.29) is 24.7 Å². The van der Waals surface area contributed by atoms with E-state index >= 15 is 0 Å². The largest absolute Gasteiger partial charge is 0.497 e. The Morgan fingerprint density at radius 2 is 1.86 bits per heavy atom. The van der Waals surface area contributed by atoms with Crippen molar-refractivity contribution in [1.29, 1.82) is 0 Å². The number of carbonyl (C=O) groups is 3. The molecule has 0 radical (unpaired) electrons. The lowest BCUT2D eigenvalue weighted by Crippen LogP contribution is -2.58. The number of benzene rings is 1. The van der Waals surface area contributed by atoms with Gasteiger partial charge < -0.3 is 25.0 Å². The molecule has 1 aromatic carbocycles. The minimum Gasteiger partial charge on any atom is -0.497 e. The number of methoxy groups -OCH3 is 1. The predicted octanol–water partition coefficient (Wildman–Crippen LogP) is 2.33. The molecule has 2 N–H and O–H groups in total. The van der Waals surface area contributed by atoms with Gasteiger partial charge in [-0.1, -0.05) is 12.1 Å². The van der Waals surface area contributed by atoms with Gasteiger partial charge in [-0.15, -0.1) is 0 Å². The first-order valence-electron chi connectivity index (χ1n) is 12.2. The van der Waals surface area contributed by atoms with Crippen molar-refractivity contribution < 1.29 is 23.9 Å². The van der Waals surface area contributed by atoms with Crippen molar-refractivity contribution in [2.24, 2.45) is 0 Å².